The molecule has 0 aliphatic carbocycles. The van der Waals surface area contributed by atoms with Crippen LogP contribution in [0, 0.1) is 11.7 Å². The van der Waals surface area contributed by atoms with Gasteiger partial charge in [-0.15, -0.1) is 0 Å². The van der Waals surface area contributed by atoms with Crippen molar-refractivity contribution >= 4 is 0 Å². The van der Waals surface area contributed by atoms with Gasteiger partial charge in [0.05, 0.1) is 6.10 Å². The van der Waals surface area contributed by atoms with Gasteiger partial charge >= 0.3 is 0 Å². The molecule has 1 aliphatic rings. The molecule has 1 N–H and O–H groups in total. The second-order valence-electron chi connectivity index (χ2n) is 4.94. The zero-order valence-electron chi connectivity index (χ0n) is 10.7. The third-order valence-corrected chi connectivity index (χ3v) is 3.49. The van der Waals surface area contributed by atoms with Gasteiger partial charge in [-0.05, 0) is 43.1 Å². The Morgan fingerprint density at radius 1 is 1.39 bits per heavy atom. The van der Waals surface area contributed by atoms with Crippen LogP contribution in [-0.2, 0) is 0 Å². The molecular weight excluding hydrogens is 233 g/mol. The number of aliphatic hydroxyl groups is 1. The lowest BCUT2D eigenvalue weighted by molar-refractivity contribution is 0.0244. The summed E-state index contributed by atoms with van der Waals surface area (Å²) in [4.78, 5) is 2.20. The van der Waals surface area contributed by atoms with E-state index in [1.807, 2.05) is 0 Å². The number of likely N-dealkylation sites (tertiary alicyclic amines) is 1. The zero-order chi connectivity index (χ0) is 13.0. The molecule has 1 aromatic carbocycles. The van der Waals surface area contributed by atoms with Crippen LogP contribution in [0.5, 0.6) is 5.75 Å². The highest BCUT2D eigenvalue weighted by atomic mass is 19.1. The van der Waals surface area contributed by atoms with Gasteiger partial charge in [0.2, 0.25) is 0 Å². The van der Waals surface area contributed by atoms with Crippen molar-refractivity contribution in [2.75, 3.05) is 26.2 Å². The van der Waals surface area contributed by atoms with Gasteiger partial charge in [0, 0.05) is 13.1 Å². The summed E-state index contributed by atoms with van der Waals surface area (Å²) >= 11 is 0. The summed E-state index contributed by atoms with van der Waals surface area (Å²) in [7, 11) is 0. The lowest BCUT2D eigenvalue weighted by Gasteiger charge is -2.34. The molecule has 1 aromatic rings. The molecule has 3 nitrogen and oxygen atoms in total. The zero-order valence-corrected chi connectivity index (χ0v) is 10.7. The summed E-state index contributed by atoms with van der Waals surface area (Å²) in [6.07, 6.45) is 0.794. The van der Waals surface area contributed by atoms with Crippen LogP contribution in [0.3, 0.4) is 0 Å². The van der Waals surface area contributed by atoms with Gasteiger partial charge in [-0.25, -0.2) is 4.39 Å². The Morgan fingerprint density at radius 3 is 2.78 bits per heavy atom. The number of rotatable bonds is 4. The summed E-state index contributed by atoms with van der Waals surface area (Å²) in [5.41, 5.74) is 0. The Labute approximate surface area is 107 Å². The predicted octanol–water partition coefficient (Wildman–Crippen LogP) is 1.91. The van der Waals surface area contributed by atoms with Crippen LogP contribution in [0.2, 0.25) is 0 Å². The Bertz CT molecular complexity index is 369. The Morgan fingerprint density at radius 2 is 2.11 bits per heavy atom. The third kappa shape index (κ3) is 3.68. The van der Waals surface area contributed by atoms with E-state index in [-0.39, 0.29) is 11.9 Å². The fourth-order valence-corrected chi connectivity index (χ4v) is 2.14. The molecule has 0 amide bonds. The van der Waals surface area contributed by atoms with Crippen molar-refractivity contribution in [2.45, 2.75) is 19.4 Å². The monoisotopic (exact) mass is 253 g/mol. The van der Waals surface area contributed by atoms with E-state index in [9.17, 15) is 9.50 Å². The molecule has 0 bridgehead atoms. The molecule has 1 aliphatic heterocycles. The number of benzene rings is 1. The highest BCUT2D eigenvalue weighted by Crippen LogP contribution is 2.17. The normalized spacial score (nSPS) is 25.1. The van der Waals surface area contributed by atoms with E-state index >= 15 is 0 Å². The predicted molar refractivity (Wildman–Crippen MR) is 68.1 cm³/mol. The van der Waals surface area contributed by atoms with Crippen molar-refractivity contribution in [1.29, 1.82) is 0 Å². The van der Waals surface area contributed by atoms with E-state index in [0.29, 0.717) is 24.8 Å². The van der Waals surface area contributed by atoms with Gasteiger partial charge in [0.15, 0.2) is 0 Å². The summed E-state index contributed by atoms with van der Waals surface area (Å²) in [6.45, 7) is 5.16. The van der Waals surface area contributed by atoms with Gasteiger partial charge in [-0.3, -0.25) is 4.90 Å². The quantitative estimate of drug-likeness (QED) is 0.889. The Hall–Kier alpha value is -1.13. The molecule has 0 spiro atoms. The van der Waals surface area contributed by atoms with E-state index in [0.717, 1.165) is 19.5 Å². The van der Waals surface area contributed by atoms with Crippen molar-refractivity contribution in [1.82, 2.24) is 4.90 Å². The van der Waals surface area contributed by atoms with Gasteiger partial charge < -0.3 is 9.84 Å². The second kappa shape index (κ2) is 6.16. The van der Waals surface area contributed by atoms with Gasteiger partial charge in [-0.1, -0.05) is 6.92 Å². The van der Waals surface area contributed by atoms with Crippen LogP contribution in [0.4, 0.5) is 4.39 Å². The average Bonchev–Trinajstić information content (AvgIpc) is 2.36. The first-order chi connectivity index (χ1) is 8.65. The fraction of sp³-hybridized carbons (Fsp3) is 0.571. The molecule has 1 heterocycles. The molecule has 2 atom stereocenters. The van der Waals surface area contributed by atoms with Crippen molar-refractivity contribution in [3.63, 3.8) is 0 Å². The smallest absolute Gasteiger partial charge is 0.123 e. The number of piperidine rings is 1. The summed E-state index contributed by atoms with van der Waals surface area (Å²) < 4.78 is 18.2. The minimum Gasteiger partial charge on any atom is -0.492 e. The maximum atomic E-state index is 12.7. The van der Waals surface area contributed by atoms with E-state index in [1.165, 1.54) is 12.1 Å². The summed E-state index contributed by atoms with van der Waals surface area (Å²) in [5.74, 6) is 0.817. The number of aliphatic hydroxyl groups excluding tert-OH is 1. The average molecular weight is 253 g/mol. The topological polar surface area (TPSA) is 32.7 Å². The van der Waals surface area contributed by atoms with Gasteiger partial charge in [0.25, 0.3) is 0 Å². The summed E-state index contributed by atoms with van der Waals surface area (Å²) in [5, 5.41) is 9.77. The fourth-order valence-electron chi connectivity index (χ4n) is 2.14. The molecule has 2 unspecified atom stereocenters. The molecule has 1 saturated heterocycles. The van der Waals surface area contributed by atoms with E-state index in [4.69, 9.17) is 4.74 Å². The van der Waals surface area contributed by atoms with Gasteiger partial charge in [-0.2, -0.15) is 0 Å². The standard InChI is InChI=1S/C14H20FNO2/c1-11-6-7-16(10-14(11)17)8-9-18-13-4-2-12(15)3-5-13/h2-5,11,14,17H,6-10H2,1H3. The van der Waals surface area contributed by atoms with E-state index < -0.39 is 0 Å². The maximum absolute atomic E-state index is 12.7. The molecule has 100 valence electrons. The number of halogens is 1. The highest BCUT2D eigenvalue weighted by molar-refractivity contribution is 5.21. The number of ether oxygens (including phenoxy) is 1. The molecule has 1 fully saturated rings. The highest BCUT2D eigenvalue weighted by Gasteiger charge is 2.23. The number of hydrogen-bond donors (Lipinski definition) is 1. The second-order valence-corrected chi connectivity index (χ2v) is 4.94. The SMILES string of the molecule is CC1CCN(CCOc2ccc(F)cc2)CC1O. The van der Waals surface area contributed by atoms with E-state index in [2.05, 4.69) is 11.8 Å². The molecule has 2 rings (SSSR count). The Kier molecular flexibility index (Phi) is 4.55. The lowest BCUT2D eigenvalue weighted by atomic mass is 9.96. The maximum Gasteiger partial charge on any atom is 0.123 e. The van der Waals surface area contributed by atoms with Crippen molar-refractivity contribution in [3.8, 4) is 5.75 Å². The molecule has 0 radical (unpaired) electrons. The van der Waals surface area contributed by atoms with Crippen LogP contribution in [0.15, 0.2) is 24.3 Å². The van der Waals surface area contributed by atoms with E-state index in [1.54, 1.807) is 12.1 Å². The van der Waals surface area contributed by atoms with Crippen molar-refractivity contribution in [2.24, 2.45) is 5.92 Å². The number of hydrogen-bond acceptors (Lipinski definition) is 3. The van der Waals surface area contributed by atoms with Crippen molar-refractivity contribution < 1.29 is 14.2 Å². The van der Waals surface area contributed by atoms with Crippen LogP contribution < -0.4 is 4.74 Å². The van der Waals surface area contributed by atoms with Crippen molar-refractivity contribution in [3.05, 3.63) is 30.1 Å². The third-order valence-electron chi connectivity index (χ3n) is 3.49. The van der Waals surface area contributed by atoms with Crippen LogP contribution in [0.25, 0.3) is 0 Å². The minimum absolute atomic E-state index is 0.232. The first-order valence-electron chi connectivity index (χ1n) is 6.44. The van der Waals surface area contributed by atoms with Crippen LogP contribution in [0.1, 0.15) is 13.3 Å². The largest absolute Gasteiger partial charge is 0.492 e. The molecular formula is C14H20FNO2. The van der Waals surface area contributed by atoms with Crippen LogP contribution in [-0.4, -0.2) is 42.4 Å². The first kappa shape index (κ1) is 13.3. The van der Waals surface area contributed by atoms with Gasteiger partial charge in [0.1, 0.15) is 18.2 Å². The molecule has 4 heteroatoms. The van der Waals surface area contributed by atoms with Crippen LogP contribution >= 0.6 is 0 Å². The first-order valence-corrected chi connectivity index (χ1v) is 6.44. The molecule has 0 saturated carbocycles. The molecule has 0 aromatic heterocycles. The number of β-amino-alcohol motifs (C(OH)–C–C–N with tert-alkyl or cyclic N) is 1. The summed E-state index contributed by atoms with van der Waals surface area (Å²) in [6, 6.07) is 6.04. The molecule has 18 heavy (non-hydrogen) atoms. The lowest BCUT2D eigenvalue weighted by Crippen LogP contribution is -2.44. The minimum atomic E-state index is -0.254. The Balaban J connectivity index is 1.71. The number of nitrogens with zero attached hydrogens (tertiary/aromatic N) is 1.